The summed E-state index contributed by atoms with van der Waals surface area (Å²) in [7, 11) is 1.69. The molecule has 0 bridgehead atoms. The predicted molar refractivity (Wildman–Crippen MR) is 117 cm³/mol. The van der Waals surface area contributed by atoms with E-state index in [0.29, 0.717) is 13.0 Å². The minimum Gasteiger partial charge on any atom is -0.496 e. The number of likely N-dealkylation sites (tertiary alicyclic amines) is 1. The van der Waals surface area contributed by atoms with Crippen LogP contribution in [0.15, 0.2) is 29.3 Å². The summed E-state index contributed by atoms with van der Waals surface area (Å²) in [6.07, 6.45) is 3.58. The Morgan fingerprint density at radius 1 is 1.23 bits per heavy atom. The van der Waals surface area contributed by atoms with Crippen molar-refractivity contribution in [1.29, 1.82) is 0 Å². The van der Waals surface area contributed by atoms with Gasteiger partial charge in [0, 0.05) is 32.6 Å². The van der Waals surface area contributed by atoms with E-state index in [0.717, 1.165) is 62.7 Å². The lowest BCUT2D eigenvalue weighted by Gasteiger charge is -2.15. The van der Waals surface area contributed by atoms with Crippen molar-refractivity contribution < 1.29 is 9.53 Å². The zero-order valence-electron chi connectivity index (χ0n) is 15.8. The third-order valence-electron chi connectivity index (χ3n) is 4.28. The van der Waals surface area contributed by atoms with E-state index in [1.807, 2.05) is 30.0 Å². The average Bonchev–Trinajstić information content (AvgIpc) is 3.17. The number of nitrogens with zero attached hydrogens (tertiary/aromatic N) is 2. The highest BCUT2D eigenvalue weighted by Crippen LogP contribution is 2.17. The number of aliphatic imine (C=N–C) groups is 1. The van der Waals surface area contributed by atoms with Crippen molar-refractivity contribution in [2.24, 2.45) is 4.99 Å². The summed E-state index contributed by atoms with van der Waals surface area (Å²) in [5.74, 6) is 1.88. The first-order valence-electron chi connectivity index (χ1n) is 9.16. The molecule has 1 aliphatic heterocycles. The minimum atomic E-state index is 0. The largest absolute Gasteiger partial charge is 0.496 e. The highest BCUT2D eigenvalue weighted by Gasteiger charge is 2.16. The zero-order valence-corrected chi connectivity index (χ0v) is 18.1. The molecule has 0 saturated carbocycles. The van der Waals surface area contributed by atoms with Crippen LogP contribution in [0.4, 0.5) is 0 Å². The van der Waals surface area contributed by atoms with Crippen LogP contribution in [0.2, 0.25) is 0 Å². The normalized spacial score (nSPS) is 13.9. The number of ether oxygens (including phenoxy) is 1. The van der Waals surface area contributed by atoms with E-state index in [9.17, 15) is 4.79 Å². The van der Waals surface area contributed by atoms with Gasteiger partial charge in [0.05, 0.1) is 13.7 Å². The Kier molecular flexibility index (Phi) is 11.1. The molecule has 0 spiro atoms. The summed E-state index contributed by atoms with van der Waals surface area (Å²) >= 11 is 0. The first-order valence-corrected chi connectivity index (χ1v) is 9.16. The molecular weight excluding hydrogens is 443 g/mol. The topological polar surface area (TPSA) is 66.0 Å². The Hall–Kier alpha value is -1.51. The molecule has 2 N–H and O–H groups in total. The lowest BCUT2D eigenvalue weighted by molar-refractivity contribution is -0.129. The number of carbonyl (C=O) groups is 1. The Bertz CT molecular complexity index is 574. The second kappa shape index (κ2) is 12.8. The molecule has 2 rings (SSSR count). The molecule has 0 aromatic heterocycles. The number of rotatable bonds is 8. The maximum Gasteiger partial charge on any atom is 0.224 e. The number of nitrogens with one attached hydrogen (secondary N) is 2. The molecule has 0 atom stereocenters. The Labute approximate surface area is 173 Å². The van der Waals surface area contributed by atoms with Crippen LogP contribution in [-0.2, 0) is 11.2 Å². The van der Waals surface area contributed by atoms with E-state index in [4.69, 9.17) is 4.74 Å². The summed E-state index contributed by atoms with van der Waals surface area (Å²) in [6.45, 7) is 5.90. The van der Waals surface area contributed by atoms with Gasteiger partial charge in [0.1, 0.15) is 5.75 Å². The molecule has 1 aliphatic rings. The third-order valence-corrected chi connectivity index (χ3v) is 4.28. The molecule has 7 heteroatoms. The van der Waals surface area contributed by atoms with Gasteiger partial charge in [-0.2, -0.15) is 0 Å². The quantitative estimate of drug-likeness (QED) is 0.345. The maximum atomic E-state index is 12.1. The smallest absolute Gasteiger partial charge is 0.224 e. The molecule has 1 fully saturated rings. The van der Waals surface area contributed by atoms with Gasteiger partial charge in [-0.3, -0.25) is 9.79 Å². The van der Waals surface area contributed by atoms with E-state index in [1.54, 1.807) is 7.11 Å². The van der Waals surface area contributed by atoms with Crippen molar-refractivity contribution in [2.75, 3.05) is 39.8 Å². The van der Waals surface area contributed by atoms with Crippen LogP contribution < -0.4 is 15.4 Å². The van der Waals surface area contributed by atoms with Gasteiger partial charge in [-0.05, 0) is 37.8 Å². The Morgan fingerprint density at radius 3 is 2.65 bits per heavy atom. The number of guanidine groups is 1. The van der Waals surface area contributed by atoms with E-state index in [-0.39, 0.29) is 29.9 Å². The van der Waals surface area contributed by atoms with Gasteiger partial charge < -0.3 is 20.3 Å². The number of para-hydroxylation sites is 1. The number of hydrogen-bond acceptors (Lipinski definition) is 3. The molecule has 146 valence electrons. The van der Waals surface area contributed by atoms with Crippen LogP contribution >= 0.6 is 24.0 Å². The summed E-state index contributed by atoms with van der Waals surface area (Å²) in [5, 5.41) is 6.55. The molecular formula is C19H31IN4O2. The number of benzene rings is 1. The van der Waals surface area contributed by atoms with Gasteiger partial charge in [0.2, 0.25) is 5.91 Å². The van der Waals surface area contributed by atoms with Crippen molar-refractivity contribution >= 4 is 35.8 Å². The molecule has 0 aliphatic carbocycles. The highest BCUT2D eigenvalue weighted by molar-refractivity contribution is 14.0. The van der Waals surface area contributed by atoms with E-state index < -0.39 is 0 Å². The van der Waals surface area contributed by atoms with Gasteiger partial charge in [-0.25, -0.2) is 0 Å². The molecule has 1 heterocycles. The second-order valence-electron chi connectivity index (χ2n) is 6.09. The fourth-order valence-electron chi connectivity index (χ4n) is 2.95. The Morgan fingerprint density at radius 2 is 1.96 bits per heavy atom. The molecule has 1 aromatic carbocycles. The fourth-order valence-corrected chi connectivity index (χ4v) is 2.95. The van der Waals surface area contributed by atoms with Gasteiger partial charge in [-0.1, -0.05) is 18.2 Å². The molecule has 0 unspecified atom stereocenters. The van der Waals surface area contributed by atoms with E-state index in [1.165, 1.54) is 0 Å². The highest BCUT2D eigenvalue weighted by atomic mass is 127. The molecule has 0 radical (unpaired) electrons. The maximum absolute atomic E-state index is 12.1. The van der Waals surface area contributed by atoms with Crippen molar-refractivity contribution in [3.05, 3.63) is 29.8 Å². The molecule has 1 saturated heterocycles. The van der Waals surface area contributed by atoms with Gasteiger partial charge in [0.25, 0.3) is 0 Å². The van der Waals surface area contributed by atoms with Crippen molar-refractivity contribution in [2.45, 2.75) is 32.6 Å². The van der Waals surface area contributed by atoms with Crippen LogP contribution in [-0.4, -0.2) is 56.6 Å². The van der Waals surface area contributed by atoms with Gasteiger partial charge in [-0.15, -0.1) is 24.0 Å². The lowest BCUT2D eigenvalue weighted by atomic mass is 10.1. The lowest BCUT2D eigenvalue weighted by Crippen LogP contribution is -2.38. The summed E-state index contributed by atoms with van der Waals surface area (Å²) < 4.78 is 5.37. The number of amides is 1. The number of hydrogen-bond donors (Lipinski definition) is 2. The van der Waals surface area contributed by atoms with Crippen LogP contribution in [0, 0.1) is 0 Å². The first-order chi connectivity index (χ1) is 12.2. The van der Waals surface area contributed by atoms with Gasteiger partial charge >= 0.3 is 0 Å². The van der Waals surface area contributed by atoms with E-state index >= 15 is 0 Å². The standard InChI is InChI=1S/C19H30N4O2.HI/c1-3-20-19(22-13-11-18(24)23-14-6-7-15-23)21-12-10-16-8-4-5-9-17(16)25-2;/h4-5,8-9H,3,6-7,10-15H2,1-2H3,(H2,20,21,22);1H. The van der Waals surface area contributed by atoms with Crippen molar-refractivity contribution in [1.82, 2.24) is 15.5 Å². The summed E-state index contributed by atoms with van der Waals surface area (Å²) in [6, 6.07) is 8.03. The van der Waals surface area contributed by atoms with Crippen LogP contribution in [0.1, 0.15) is 31.7 Å². The summed E-state index contributed by atoms with van der Waals surface area (Å²) in [5.41, 5.74) is 1.16. The fraction of sp³-hybridized carbons (Fsp3) is 0.579. The molecule has 1 amide bonds. The number of carbonyl (C=O) groups excluding carboxylic acids is 1. The molecule has 1 aromatic rings. The monoisotopic (exact) mass is 474 g/mol. The first kappa shape index (κ1) is 22.5. The van der Waals surface area contributed by atoms with Crippen LogP contribution in [0.5, 0.6) is 5.75 Å². The number of halogens is 1. The van der Waals surface area contributed by atoms with Crippen LogP contribution in [0.25, 0.3) is 0 Å². The Balaban J connectivity index is 0.00000338. The van der Waals surface area contributed by atoms with Crippen molar-refractivity contribution in [3.8, 4) is 5.75 Å². The minimum absolute atomic E-state index is 0. The zero-order chi connectivity index (χ0) is 17.9. The third kappa shape index (κ3) is 7.39. The molecule has 26 heavy (non-hydrogen) atoms. The number of methoxy groups -OCH3 is 1. The van der Waals surface area contributed by atoms with Crippen LogP contribution in [0.3, 0.4) is 0 Å². The van der Waals surface area contributed by atoms with Gasteiger partial charge in [0.15, 0.2) is 5.96 Å². The van der Waals surface area contributed by atoms with Crippen molar-refractivity contribution in [3.63, 3.8) is 0 Å². The summed E-state index contributed by atoms with van der Waals surface area (Å²) in [4.78, 5) is 18.5. The SMILES string of the molecule is CCNC(=NCCC(=O)N1CCCC1)NCCc1ccccc1OC.I. The predicted octanol–water partition coefficient (Wildman–Crippen LogP) is 2.42. The van der Waals surface area contributed by atoms with E-state index in [2.05, 4.69) is 21.7 Å². The second-order valence-corrected chi connectivity index (χ2v) is 6.09. The molecule has 6 nitrogen and oxygen atoms in total. The average molecular weight is 474 g/mol.